The highest BCUT2D eigenvalue weighted by Gasteiger charge is 2.25. The standard InChI is InChI=1S/C11H13NO5S/c1-4(2)8(13)12-9-6(10(14)15)5(3)7(18-9)11(16)17/h4H,1-3H3,(H,12,13)(H,14,15)(H,16,17). The summed E-state index contributed by atoms with van der Waals surface area (Å²) in [6.07, 6.45) is 0. The highest BCUT2D eigenvalue weighted by Crippen LogP contribution is 2.33. The summed E-state index contributed by atoms with van der Waals surface area (Å²) in [5.41, 5.74) is -0.00884. The number of hydrogen-bond donors (Lipinski definition) is 3. The topological polar surface area (TPSA) is 104 Å². The maximum absolute atomic E-state index is 11.5. The van der Waals surface area contributed by atoms with Crippen LogP contribution < -0.4 is 5.32 Å². The Morgan fingerprint density at radius 2 is 1.72 bits per heavy atom. The van der Waals surface area contributed by atoms with E-state index in [2.05, 4.69) is 5.32 Å². The normalized spacial score (nSPS) is 10.4. The van der Waals surface area contributed by atoms with Gasteiger partial charge in [0.15, 0.2) is 0 Å². The smallest absolute Gasteiger partial charge is 0.346 e. The van der Waals surface area contributed by atoms with Gasteiger partial charge in [-0.25, -0.2) is 9.59 Å². The Labute approximate surface area is 107 Å². The molecule has 6 nitrogen and oxygen atoms in total. The monoisotopic (exact) mass is 271 g/mol. The second-order valence-electron chi connectivity index (χ2n) is 4.01. The Hall–Kier alpha value is -1.89. The quantitative estimate of drug-likeness (QED) is 0.777. The fourth-order valence-corrected chi connectivity index (χ4v) is 2.36. The van der Waals surface area contributed by atoms with E-state index in [9.17, 15) is 14.4 Å². The van der Waals surface area contributed by atoms with E-state index in [0.717, 1.165) is 11.3 Å². The molecule has 98 valence electrons. The Morgan fingerprint density at radius 1 is 1.17 bits per heavy atom. The molecule has 3 N–H and O–H groups in total. The average Bonchev–Trinajstić information content (AvgIpc) is 2.55. The predicted octanol–water partition coefficient (Wildman–Crippen LogP) is 2.05. The van der Waals surface area contributed by atoms with Crippen molar-refractivity contribution < 1.29 is 24.6 Å². The Kier molecular flexibility index (Phi) is 4.07. The molecule has 0 aliphatic heterocycles. The molecule has 0 radical (unpaired) electrons. The zero-order chi connectivity index (χ0) is 14.0. The minimum absolute atomic E-state index is 0.0658. The van der Waals surface area contributed by atoms with Gasteiger partial charge in [-0.2, -0.15) is 0 Å². The molecule has 0 atom stereocenters. The molecule has 1 aromatic heterocycles. The van der Waals surface area contributed by atoms with Crippen LogP contribution in [-0.2, 0) is 4.79 Å². The number of carbonyl (C=O) groups is 3. The SMILES string of the molecule is Cc1c(C(=O)O)sc(NC(=O)C(C)C)c1C(=O)O. The molecule has 0 bridgehead atoms. The van der Waals surface area contributed by atoms with Crippen molar-refractivity contribution in [1.29, 1.82) is 0 Å². The minimum Gasteiger partial charge on any atom is -0.478 e. The molecule has 0 saturated heterocycles. The molecule has 1 aromatic rings. The third-order valence-electron chi connectivity index (χ3n) is 2.32. The van der Waals surface area contributed by atoms with Crippen LogP contribution in [0.1, 0.15) is 39.4 Å². The van der Waals surface area contributed by atoms with E-state index in [1.165, 1.54) is 6.92 Å². The lowest BCUT2D eigenvalue weighted by Crippen LogP contribution is -2.18. The van der Waals surface area contributed by atoms with Crippen molar-refractivity contribution >= 4 is 34.2 Å². The van der Waals surface area contributed by atoms with Crippen LogP contribution in [-0.4, -0.2) is 28.1 Å². The number of aromatic carboxylic acids is 2. The van der Waals surface area contributed by atoms with Crippen LogP contribution in [0, 0.1) is 12.8 Å². The lowest BCUT2D eigenvalue weighted by atomic mass is 10.1. The number of carboxylic acid groups (broad SMARTS) is 2. The van der Waals surface area contributed by atoms with Crippen molar-refractivity contribution in [2.75, 3.05) is 5.32 Å². The first-order valence-electron chi connectivity index (χ1n) is 5.16. The van der Waals surface area contributed by atoms with Crippen LogP contribution in [0.3, 0.4) is 0 Å². The predicted molar refractivity (Wildman–Crippen MR) is 66.4 cm³/mol. The van der Waals surface area contributed by atoms with Crippen LogP contribution in [0.25, 0.3) is 0 Å². The number of carboxylic acids is 2. The van der Waals surface area contributed by atoms with Gasteiger partial charge in [-0.05, 0) is 12.5 Å². The molecule has 18 heavy (non-hydrogen) atoms. The van der Waals surface area contributed by atoms with E-state index < -0.39 is 11.9 Å². The van der Waals surface area contributed by atoms with Crippen molar-refractivity contribution in [1.82, 2.24) is 0 Å². The van der Waals surface area contributed by atoms with Gasteiger partial charge in [0.1, 0.15) is 9.88 Å². The second-order valence-corrected chi connectivity index (χ2v) is 5.04. The number of carbonyl (C=O) groups excluding carboxylic acids is 1. The first-order valence-corrected chi connectivity index (χ1v) is 5.98. The van der Waals surface area contributed by atoms with Gasteiger partial charge in [-0.1, -0.05) is 13.8 Å². The fourth-order valence-electron chi connectivity index (χ4n) is 1.32. The maximum Gasteiger partial charge on any atom is 0.346 e. The van der Waals surface area contributed by atoms with Gasteiger partial charge < -0.3 is 15.5 Å². The van der Waals surface area contributed by atoms with Crippen molar-refractivity contribution in [3.63, 3.8) is 0 Å². The van der Waals surface area contributed by atoms with E-state index in [1.807, 2.05) is 0 Å². The number of anilines is 1. The van der Waals surface area contributed by atoms with Gasteiger partial charge >= 0.3 is 11.9 Å². The first-order chi connectivity index (χ1) is 8.25. The lowest BCUT2D eigenvalue weighted by molar-refractivity contribution is -0.118. The molecule has 0 aliphatic carbocycles. The lowest BCUT2D eigenvalue weighted by Gasteiger charge is -2.06. The van der Waals surface area contributed by atoms with Gasteiger partial charge in [-0.15, -0.1) is 11.3 Å². The van der Waals surface area contributed by atoms with Gasteiger partial charge in [0.05, 0.1) is 5.56 Å². The molecule has 7 heteroatoms. The summed E-state index contributed by atoms with van der Waals surface area (Å²) in [4.78, 5) is 33.5. The summed E-state index contributed by atoms with van der Waals surface area (Å²) in [6, 6.07) is 0. The van der Waals surface area contributed by atoms with Crippen LogP contribution in [0.15, 0.2) is 0 Å². The Balaban J connectivity index is 3.26. The van der Waals surface area contributed by atoms with Crippen molar-refractivity contribution in [2.24, 2.45) is 5.92 Å². The summed E-state index contributed by atoms with van der Waals surface area (Å²) in [5, 5.41) is 20.5. The average molecular weight is 271 g/mol. The zero-order valence-electron chi connectivity index (χ0n) is 10.1. The molecule has 1 rings (SSSR count). The van der Waals surface area contributed by atoms with Crippen molar-refractivity contribution in [2.45, 2.75) is 20.8 Å². The number of amides is 1. The van der Waals surface area contributed by atoms with Crippen molar-refractivity contribution in [3.8, 4) is 0 Å². The van der Waals surface area contributed by atoms with Crippen molar-refractivity contribution in [3.05, 3.63) is 16.0 Å². The number of rotatable bonds is 4. The molecular formula is C11H13NO5S. The van der Waals surface area contributed by atoms with E-state index in [4.69, 9.17) is 10.2 Å². The van der Waals surface area contributed by atoms with Crippen LogP contribution in [0.4, 0.5) is 5.00 Å². The molecule has 0 unspecified atom stereocenters. The van der Waals surface area contributed by atoms with E-state index in [1.54, 1.807) is 13.8 Å². The fraction of sp³-hybridized carbons (Fsp3) is 0.364. The van der Waals surface area contributed by atoms with Gasteiger partial charge in [0, 0.05) is 5.92 Å². The second kappa shape index (κ2) is 5.18. The minimum atomic E-state index is -1.25. The third-order valence-corrected chi connectivity index (χ3v) is 3.51. The zero-order valence-corrected chi connectivity index (χ0v) is 10.9. The molecule has 0 saturated carbocycles. The third kappa shape index (κ3) is 2.67. The van der Waals surface area contributed by atoms with Gasteiger partial charge in [0.2, 0.25) is 5.91 Å². The number of hydrogen-bond acceptors (Lipinski definition) is 4. The van der Waals surface area contributed by atoms with E-state index in [-0.39, 0.29) is 32.8 Å². The number of nitrogens with one attached hydrogen (secondary N) is 1. The molecule has 1 heterocycles. The molecule has 0 aromatic carbocycles. The Morgan fingerprint density at radius 3 is 2.11 bits per heavy atom. The number of thiophene rings is 1. The molecule has 1 amide bonds. The summed E-state index contributed by atoms with van der Waals surface area (Å²) in [5.74, 6) is -3.13. The molecule has 0 spiro atoms. The summed E-state index contributed by atoms with van der Waals surface area (Å²) in [7, 11) is 0. The highest BCUT2D eigenvalue weighted by molar-refractivity contribution is 7.18. The summed E-state index contributed by atoms with van der Waals surface area (Å²) >= 11 is 0.756. The Bertz CT molecular complexity index is 518. The van der Waals surface area contributed by atoms with Gasteiger partial charge in [0.25, 0.3) is 0 Å². The summed E-state index contributed by atoms with van der Waals surface area (Å²) in [6.45, 7) is 4.73. The van der Waals surface area contributed by atoms with E-state index in [0.29, 0.717) is 0 Å². The maximum atomic E-state index is 11.5. The molecule has 0 aliphatic rings. The highest BCUT2D eigenvalue weighted by atomic mass is 32.1. The summed E-state index contributed by atoms with van der Waals surface area (Å²) < 4.78 is 0. The van der Waals surface area contributed by atoms with E-state index >= 15 is 0 Å². The largest absolute Gasteiger partial charge is 0.478 e. The molecular weight excluding hydrogens is 258 g/mol. The van der Waals surface area contributed by atoms with Crippen LogP contribution >= 0.6 is 11.3 Å². The van der Waals surface area contributed by atoms with Gasteiger partial charge in [-0.3, -0.25) is 4.79 Å². The molecule has 0 fully saturated rings. The first kappa shape index (κ1) is 14.2. The van der Waals surface area contributed by atoms with Crippen LogP contribution in [0.5, 0.6) is 0 Å². The van der Waals surface area contributed by atoms with Crippen LogP contribution in [0.2, 0.25) is 0 Å².